The molecular weight excluding hydrogens is 218 g/mol. The maximum absolute atomic E-state index is 6.08. The Morgan fingerprint density at radius 2 is 1.61 bits per heavy atom. The minimum Gasteiger partial charge on any atom is -0.330 e. The summed E-state index contributed by atoms with van der Waals surface area (Å²) in [5.74, 6) is 0.995. The molecule has 0 fully saturated rings. The molecule has 1 aliphatic carbocycles. The SMILES string of the molecule is CC(C)(C)C1c2cccc3cccc(c23)C1CN. The minimum atomic E-state index is 0.247. The molecule has 0 bridgehead atoms. The highest BCUT2D eigenvalue weighted by Gasteiger charge is 2.40. The smallest absolute Gasteiger partial charge is 0.00414 e. The molecular formula is C17H21N. The van der Waals surface area contributed by atoms with Crippen molar-refractivity contribution in [3.05, 3.63) is 47.5 Å². The first-order chi connectivity index (χ1) is 8.54. The van der Waals surface area contributed by atoms with E-state index in [2.05, 4.69) is 57.2 Å². The number of hydrogen-bond donors (Lipinski definition) is 1. The monoisotopic (exact) mass is 239 g/mol. The molecule has 0 radical (unpaired) electrons. The maximum atomic E-state index is 6.08. The van der Waals surface area contributed by atoms with E-state index < -0.39 is 0 Å². The summed E-state index contributed by atoms with van der Waals surface area (Å²) in [6, 6.07) is 13.3. The van der Waals surface area contributed by atoms with E-state index in [0.29, 0.717) is 11.8 Å². The third-order valence-electron chi connectivity index (χ3n) is 4.29. The topological polar surface area (TPSA) is 26.0 Å². The van der Waals surface area contributed by atoms with Gasteiger partial charge in [0.2, 0.25) is 0 Å². The minimum absolute atomic E-state index is 0.247. The molecule has 1 heteroatoms. The lowest BCUT2D eigenvalue weighted by Crippen LogP contribution is -2.26. The average molecular weight is 239 g/mol. The Morgan fingerprint density at radius 1 is 1.00 bits per heavy atom. The summed E-state index contributed by atoms with van der Waals surface area (Å²) in [6.45, 7) is 7.71. The van der Waals surface area contributed by atoms with E-state index >= 15 is 0 Å². The second-order valence-electron chi connectivity index (χ2n) is 6.48. The number of benzene rings is 2. The fourth-order valence-corrected chi connectivity index (χ4v) is 3.70. The summed E-state index contributed by atoms with van der Waals surface area (Å²) in [4.78, 5) is 0. The highest BCUT2D eigenvalue weighted by molar-refractivity contribution is 5.92. The molecule has 1 nitrogen and oxygen atoms in total. The summed E-state index contributed by atoms with van der Waals surface area (Å²) >= 11 is 0. The van der Waals surface area contributed by atoms with Gasteiger partial charge in [0, 0.05) is 5.92 Å². The fraction of sp³-hybridized carbons (Fsp3) is 0.412. The normalized spacial score (nSPS) is 22.7. The molecule has 94 valence electrons. The van der Waals surface area contributed by atoms with E-state index in [9.17, 15) is 0 Å². The highest BCUT2D eigenvalue weighted by atomic mass is 14.6. The average Bonchev–Trinajstić information content (AvgIpc) is 2.66. The molecule has 2 aromatic rings. The van der Waals surface area contributed by atoms with E-state index in [4.69, 9.17) is 5.73 Å². The third kappa shape index (κ3) is 1.50. The molecule has 0 heterocycles. The van der Waals surface area contributed by atoms with Crippen LogP contribution in [-0.2, 0) is 0 Å². The van der Waals surface area contributed by atoms with E-state index in [0.717, 1.165) is 6.54 Å². The van der Waals surface area contributed by atoms with Crippen LogP contribution in [0.1, 0.15) is 43.7 Å². The van der Waals surface area contributed by atoms with Gasteiger partial charge in [0.05, 0.1) is 0 Å². The Morgan fingerprint density at radius 3 is 2.17 bits per heavy atom. The molecule has 3 rings (SSSR count). The predicted molar refractivity (Wildman–Crippen MR) is 77.9 cm³/mol. The Labute approximate surface area is 109 Å². The van der Waals surface area contributed by atoms with Crippen molar-refractivity contribution >= 4 is 10.8 Å². The van der Waals surface area contributed by atoms with Crippen LogP contribution >= 0.6 is 0 Å². The van der Waals surface area contributed by atoms with E-state index in [1.54, 1.807) is 0 Å². The van der Waals surface area contributed by atoms with E-state index in [1.807, 2.05) is 0 Å². The Bertz CT molecular complexity index is 587. The fourth-order valence-electron chi connectivity index (χ4n) is 3.70. The molecule has 0 amide bonds. The summed E-state index contributed by atoms with van der Waals surface area (Å²) in [5.41, 5.74) is 9.26. The van der Waals surface area contributed by atoms with Crippen molar-refractivity contribution in [3.8, 4) is 0 Å². The Balaban J connectivity index is 2.33. The van der Waals surface area contributed by atoms with Crippen LogP contribution in [0.5, 0.6) is 0 Å². The van der Waals surface area contributed by atoms with Crippen LogP contribution in [-0.4, -0.2) is 6.54 Å². The number of hydrogen-bond acceptors (Lipinski definition) is 1. The standard InChI is InChI=1S/C17H21N/c1-17(2,3)16-13-9-5-7-11-6-4-8-12(15(11)13)14(16)10-18/h4-9,14,16H,10,18H2,1-3H3. The quantitative estimate of drug-likeness (QED) is 0.799. The first kappa shape index (κ1) is 11.7. The molecule has 0 aliphatic heterocycles. The van der Waals surface area contributed by atoms with Crippen molar-refractivity contribution < 1.29 is 0 Å². The maximum Gasteiger partial charge on any atom is 0.00414 e. The van der Waals surface area contributed by atoms with Gasteiger partial charge in [0.1, 0.15) is 0 Å². The van der Waals surface area contributed by atoms with Crippen LogP contribution < -0.4 is 5.73 Å². The first-order valence-electron chi connectivity index (χ1n) is 6.75. The van der Waals surface area contributed by atoms with Gasteiger partial charge >= 0.3 is 0 Å². The van der Waals surface area contributed by atoms with Crippen LogP contribution in [0.3, 0.4) is 0 Å². The van der Waals surface area contributed by atoms with Crippen LogP contribution in [0.4, 0.5) is 0 Å². The van der Waals surface area contributed by atoms with Gasteiger partial charge in [-0.2, -0.15) is 0 Å². The molecule has 2 atom stereocenters. The molecule has 0 aromatic heterocycles. The molecule has 1 aliphatic rings. The molecule has 18 heavy (non-hydrogen) atoms. The molecule has 0 spiro atoms. The largest absolute Gasteiger partial charge is 0.330 e. The van der Waals surface area contributed by atoms with Crippen molar-refractivity contribution in [2.75, 3.05) is 6.54 Å². The Hall–Kier alpha value is -1.34. The predicted octanol–water partition coefficient (Wildman–Crippen LogP) is 4.03. The number of nitrogens with two attached hydrogens (primary N) is 1. The first-order valence-corrected chi connectivity index (χ1v) is 6.75. The van der Waals surface area contributed by atoms with Crippen molar-refractivity contribution in [1.29, 1.82) is 0 Å². The van der Waals surface area contributed by atoms with Gasteiger partial charge in [0.15, 0.2) is 0 Å². The van der Waals surface area contributed by atoms with E-state index in [1.165, 1.54) is 21.9 Å². The summed E-state index contributed by atoms with van der Waals surface area (Å²) in [6.07, 6.45) is 0. The third-order valence-corrected chi connectivity index (χ3v) is 4.29. The van der Waals surface area contributed by atoms with Gasteiger partial charge in [-0.1, -0.05) is 57.2 Å². The van der Waals surface area contributed by atoms with Crippen LogP contribution in [0, 0.1) is 5.41 Å². The lowest BCUT2D eigenvalue weighted by molar-refractivity contribution is 0.290. The van der Waals surface area contributed by atoms with Crippen LogP contribution in [0.15, 0.2) is 36.4 Å². The molecule has 0 saturated carbocycles. The van der Waals surface area contributed by atoms with Gasteiger partial charge in [-0.15, -0.1) is 0 Å². The number of rotatable bonds is 1. The van der Waals surface area contributed by atoms with Crippen molar-refractivity contribution in [2.24, 2.45) is 11.1 Å². The van der Waals surface area contributed by atoms with Crippen LogP contribution in [0.2, 0.25) is 0 Å². The van der Waals surface area contributed by atoms with Crippen molar-refractivity contribution in [3.63, 3.8) is 0 Å². The van der Waals surface area contributed by atoms with Crippen LogP contribution in [0.25, 0.3) is 10.8 Å². The van der Waals surface area contributed by atoms with Gasteiger partial charge in [0.25, 0.3) is 0 Å². The lowest BCUT2D eigenvalue weighted by Gasteiger charge is -2.33. The van der Waals surface area contributed by atoms with Gasteiger partial charge in [-0.05, 0) is 39.8 Å². The Kier molecular flexibility index (Phi) is 2.49. The molecule has 2 unspecified atom stereocenters. The highest BCUT2D eigenvalue weighted by Crippen LogP contribution is 2.53. The zero-order chi connectivity index (χ0) is 12.9. The second-order valence-corrected chi connectivity index (χ2v) is 6.48. The zero-order valence-electron chi connectivity index (χ0n) is 11.4. The van der Waals surface area contributed by atoms with E-state index in [-0.39, 0.29) is 5.41 Å². The second kappa shape index (κ2) is 3.83. The van der Waals surface area contributed by atoms with Gasteiger partial charge < -0.3 is 5.73 Å². The zero-order valence-corrected chi connectivity index (χ0v) is 11.4. The summed E-state index contributed by atoms with van der Waals surface area (Å²) in [7, 11) is 0. The van der Waals surface area contributed by atoms with Gasteiger partial charge in [-0.25, -0.2) is 0 Å². The van der Waals surface area contributed by atoms with Gasteiger partial charge in [-0.3, -0.25) is 0 Å². The molecule has 2 aromatic carbocycles. The summed E-state index contributed by atoms with van der Waals surface area (Å²) < 4.78 is 0. The summed E-state index contributed by atoms with van der Waals surface area (Å²) in [5, 5.41) is 2.81. The lowest BCUT2D eigenvalue weighted by atomic mass is 9.72. The van der Waals surface area contributed by atoms with Crippen molar-refractivity contribution in [1.82, 2.24) is 0 Å². The molecule has 2 N–H and O–H groups in total. The van der Waals surface area contributed by atoms with Crippen molar-refractivity contribution in [2.45, 2.75) is 32.6 Å². The molecule has 0 saturated heterocycles.